The predicted octanol–water partition coefficient (Wildman–Crippen LogP) is 5.84. The standard InChI is InChI=1S/C28H30ClN3O2/c29-23-14-16-24(17-15-23)34-20-19-32-26-12-7-6-11-25(26)31-27(32)13-5-2-8-18-30-28(33)21-22-9-3-1-4-10-22/h1,3-4,6-7,9-12,14-17H,2,5,8,13,18-21H2,(H,30,33). The zero-order valence-electron chi connectivity index (χ0n) is 19.3. The molecule has 0 fully saturated rings. The van der Waals surface area contributed by atoms with E-state index in [9.17, 15) is 4.79 Å². The van der Waals surface area contributed by atoms with Gasteiger partial charge in [0.15, 0.2) is 0 Å². The highest BCUT2D eigenvalue weighted by atomic mass is 35.5. The molecule has 3 aromatic carbocycles. The van der Waals surface area contributed by atoms with E-state index in [2.05, 4.69) is 22.0 Å². The zero-order chi connectivity index (χ0) is 23.6. The molecule has 6 heteroatoms. The Morgan fingerprint density at radius 2 is 1.68 bits per heavy atom. The molecular weight excluding hydrogens is 446 g/mol. The van der Waals surface area contributed by atoms with E-state index >= 15 is 0 Å². The average molecular weight is 476 g/mol. The van der Waals surface area contributed by atoms with Crippen LogP contribution in [0, 0.1) is 0 Å². The van der Waals surface area contributed by atoms with Crippen LogP contribution < -0.4 is 10.1 Å². The molecule has 1 N–H and O–H groups in total. The molecule has 34 heavy (non-hydrogen) atoms. The fourth-order valence-electron chi connectivity index (χ4n) is 4.01. The highest BCUT2D eigenvalue weighted by Crippen LogP contribution is 2.19. The molecule has 1 aromatic heterocycles. The van der Waals surface area contributed by atoms with Gasteiger partial charge in [-0.1, -0.05) is 60.5 Å². The Kier molecular flexibility index (Phi) is 8.58. The summed E-state index contributed by atoms with van der Waals surface area (Å²) < 4.78 is 8.17. The monoisotopic (exact) mass is 475 g/mol. The fourth-order valence-corrected chi connectivity index (χ4v) is 4.13. The number of para-hydroxylation sites is 2. The quantitative estimate of drug-likeness (QED) is 0.262. The summed E-state index contributed by atoms with van der Waals surface area (Å²) >= 11 is 5.95. The second kappa shape index (κ2) is 12.2. The lowest BCUT2D eigenvalue weighted by Gasteiger charge is -2.11. The summed E-state index contributed by atoms with van der Waals surface area (Å²) in [5.41, 5.74) is 3.18. The molecule has 0 spiro atoms. The lowest BCUT2D eigenvalue weighted by atomic mass is 10.1. The van der Waals surface area contributed by atoms with Crippen LogP contribution in [0.1, 0.15) is 30.7 Å². The second-order valence-electron chi connectivity index (χ2n) is 8.29. The average Bonchev–Trinajstić information content (AvgIpc) is 3.20. The van der Waals surface area contributed by atoms with Gasteiger partial charge in [-0.25, -0.2) is 4.98 Å². The number of aromatic nitrogens is 2. The number of carbonyl (C=O) groups is 1. The molecule has 1 heterocycles. The van der Waals surface area contributed by atoms with Gasteiger partial charge in [-0.15, -0.1) is 0 Å². The maximum atomic E-state index is 12.1. The largest absolute Gasteiger partial charge is 0.492 e. The van der Waals surface area contributed by atoms with Gasteiger partial charge < -0.3 is 14.6 Å². The van der Waals surface area contributed by atoms with Crippen molar-refractivity contribution >= 4 is 28.5 Å². The summed E-state index contributed by atoms with van der Waals surface area (Å²) in [7, 11) is 0. The Morgan fingerprint density at radius 3 is 2.50 bits per heavy atom. The van der Waals surface area contributed by atoms with E-state index in [1.54, 1.807) is 0 Å². The smallest absolute Gasteiger partial charge is 0.224 e. The minimum absolute atomic E-state index is 0.0775. The van der Waals surface area contributed by atoms with Gasteiger partial charge in [0.25, 0.3) is 0 Å². The van der Waals surface area contributed by atoms with Crippen LogP contribution in [0.15, 0.2) is 78.9 Å². The van der Waals surface area contributed by atoms with Crippen molar-refractivity contribution in [3.05, 3.63) is 95.3 Å². The van der Waals surface area contributed by atoms with Gasteiger partial charge in [0.1, 0.15) is 18.2 Å². The number of ether oxygens (including phenoxy) is 1. The van der Waals surface area contributed by atoms with E-state index in [1.807, 2.05) is 66.7 Å². The fraction of sp³-hybridized carbons (Fsp3) is 0.286. The molecular formula is C28H30ClN3O2. The summed E-state index contributed by atoms with van der Waals surface area (Å²) in [4.78, 5) is 17.0. The first-order chi connectivity index (χ1) is 16.7. The number of imidazole rings is 1. The van der Waals surface area contributed by atoms with Crippen LogP contribution in [0.5, 0.6) is 5.75 Å². The van der Waals surface area contributed by atoms with Crippen molar-refractivity contribution in [2.45, 2.75) is 38.6 Å². The maximum absolute atomic E-state index is 12.1. The molecule has 176 valence electrons. The third-order valence-electron chi connectivity index (χ3n) is 5.74. The SMILES string of the molecule is O=C(Cc1ccccc1)NCCCCCc1nc2ccccc2n1CCOc1ccc(Cl)cc1. The summed E-state index contributed by atoms with van der Waals surface area (Å²) in [5.74, 6) is 1.97. The molecule has 0 aliphatic carbocycles. The first-order valence-electron chi connectivity index (χ1n) is 11.8. The van der Waals surface area contributed by atoms with Crippen molar-refractivity contribution in [3.63, 3.8) is 0 Å². The third kappa shape index (κ3) is 6.84. The molecule has 0 aliphatic heterocycles. The number of hydrogen-bond acceptors (Lipinski definition) is 3. The van der Waals surface area contributed by atoms with E-state index in [-0.39, 0.29) is 5.91 Å². The summed E-state index contributed by atoms with van der Waals surface area (Å²) in [6.07, 6.45) is 4.35. The molecule has 0 aliphatic rings. The summed E-state index contributed by atoms with van der Waals surface area (Å²) in [6, 6.07) is 25.5. The highest BCUT2D eigenvalue weighted by molar-refractivity contribution is 6.30. The van der Waals surface area contributed by atoms with Crippen molar-refractivity contribution in [2.24, 2.45) is 0 Å². The van der Waals surface area contributed by atoms with Crippen LogP contribution in [0.4, 0.5) is 0 Å². The number of rotatable bonds is 12. The Hall–Kier alpha value is -3.31. The van der Waals surface area contributed by atoms with Crippen LogP contribution in [0.25, 0.3) is 11.0 Å². The van der Waals surface area contributed by atoms with Gasteiger partial charge in [0.05, 0.1) is 24.0 Å². The van der Waals surface area contributed by atoms with Gasteiger partial charge >= 0.3 is 0 Å². The number of unbranched alkanes of at least 4 members (excludes halogenated alkanes) is 2. The summed E-state index contributed by atoms with van der Waals surface area (Å²) in [5, 5.41) is 3.73. The first-order valence-corrected chi connectivity index (χ1v) is 12.2. The minimum atomic E-state index is 0.0775. The van der Waals surface area contributed by atoms with Crippen LogP contribution in [0.3, 0.4) is 0 Å². The van der Waals surface area contributed by atoms with E-state index in [0.29, 0.717) is 24.6 Å². The van der Waals surface area contributed by atoms with Crippen LogP contribution in [-0.4, -0.2) is 28.6 Å². The lowest BCUT2D eigenvalue weighted by Crippen LogP contribution is -2.26. The molecule has 0 radical (unpaired) electrons. The molecule has 0 atom stereocenters. The van der Waals surface area contributed by atoms with Gasteiger partial charge in [0.2, 0.25) is 5.91 Å². The van der Waals surface area contributed by atoms with Crippen LogP contribution in [0.2, 0.25) is 5.02 Å². The number of nitrogens with one attached hydrogen (secondary N) is 1. The van der Waals surface area contributed by atoms with E-state index in [4.69, 9.17) is 21.3 Å². The number of fused-ring (bicyclic) bond motifs is 1. The van der Waals surface area contributed by atoms with Crippen LogP contribution >= 0.6 is 11.6 Å². The Bertz CT molecular complexity index is 1190. The molecule has 1 amide bonds. The predicted molar refractivity (Wildman–Crippen MR) is 137 cm³/mol. The molecule has 0 bridgehead atoms. The molecule has 5 nitrogen and oxygen atoms in total. The van der Waals surface area contributed by atoms with Crippen molar-refractivity contribution in [3.8, 4) is 5.75 Å². The zero-order valence-corrected chi connectivity index (χ0v) is 20.0. The van der Waals surface area contributed by atoms with E-state index < -0.39 is 0 Å². The number of halogens is 1. The van der Waals surface area contributed by atoms with Crippen molar-refractivity contribution < 1.29 is 9.53 Å². The molecule has 4 rings (SSSR count). The Balaban J connectivity index is 1.23. The van der Waals surface area contributed by atoms with Gasteiger partial charge in [-0.05, 0) is 54.8 Å². The van der Waals surface area contributed by atoms with Crippen molar-refractivity contribution in [2.75, 3.05) is 13.2 Å². The third-order valence-corrected chi connectivity index (χ3v) is 5.99. The van der Waals surface area contributed by atoms with Gasteiger partial charge in [-0.2, -0.15) is 0 Å². The normalized spacial score (nSPS) is 11.0. The number of aryl methyl sites for hydroxylation is 1. The number of nitrogens with zero attached hydrogens (tertiary/aromatic N) is 2. The second-order valence-corrected chi connectivity index (χ2v) is 8.73. The van der Waals surface area contributed by atoms with Gasteiger partial charge in [0, 0.05) is 18.0 Å². The van der Waals surface area contributed by atoms with Crippen molar-refractivity contribution in [1.29, 1.82) is 0 Å². The molecule has 0 saturated heterocycles. The van der Waals surface area contributed by atoms with Crippen molar-refractivity contribution in [1.82, 2.24) is 14.9 Å². The number of carbonyl (C=O) groups excluding carboxylic acids is 1. The molecule has 4 aromatic rings. The Labute approximate surface area is 205 Å². The molecule has 0 saturated carbocycles. The highest BCUT2D eigenvalue weighted by Gasteiger charge is 2.10. The topological polar surface area (TPSA) is 56.2 Å². The van der Waals surface area contributed by atoms with Gasteiger partial charge in [-0.3, -0.25) is 4.79 Å². The maximum Gasteiger partial charge on any atom is 0.224 e. The first kappa shape index (κ1) is 23.8. The van der Waals surface area contributed by atoms with Crippen LogP contribution in [-0.2, 0) is 24.2 Å². The Morgan fingerprint density at radius 1 is 0.912 bits per heavy atom. The van der Waals surface area contributed by atoms with E-state index in [1.165, 1.54) is 0 Å². The minimum Gasteiger partial charge on any atom is -0.492 e. The van der Waals surface area contributed by atoms with E-state index in [0.717, 1.165) is 60.4 Å². The number of benzene rings is 3. The number of amides is 1. The molecule has 0 unspecified atom stereocenters. The summed E-state index contributed by atoms with van der Waals surface area (Å²) in [6.45, 7) is 1.99. The number of hydrogen-bond donors (Lipinski definition) is 1. The lowest BCUT2D eigenvalue weighted by molar-refractivity contribution is -0.120.